The number of hydrogen-bond donors (Lipinski definition) is 1. The number of carbonyl (C=O) groups excluding carboxylic acids is 5. The molecule has 4 aliphatic rings. The van der Waals surface area contributed by atoms with Crippen LogP contribution in [-0.2, 0) is 52.4 Å². The topological polar surface area (TPSA) is 164 Å². The molecule has 2 aliphatic heterocycles. The predicted molar refractivity (Wildman–Crippen MR) is 143 cm³/mol. The summed E-state index contributed by atoms with van der Waals surface area (Å²) in [4.78, 5) is 63.1. The molecule has 12 heteroatoms. The lowest BCUT2D eigenvalue weighted by atomic mass is 9.55. The van der Waals surface area contributed by atoms with Gasteiger partial charge in [0, 0.05) is 44.9 Å². The molecule has 10 atom stereocenters. The molecule has 1 spiro atoms. The Balaban J connectivity index is 2.01. The summed E-state index contributed by atoms with van der Waals surface area (Å²) < 4.78 is 35.0. The summed E-state index contributed by atoms with van der Waals surface area (Å²) in [6.07, 6.45) is -0.335. The fraction of sp³-hybridized carbons (Fsp3) is 0.700. The number of aliphatic hydroxyl groups is 1. The highest BCUT2D eigenvalue weighted by atomic mass is 16.7. The summed E-state index contributed by atoms with van der Waals surface area (Å²) in [7, 11) is 0. The Bertz CT molecular complexity index is 1230. The fourth-order valence-electron chi connectivity index (χ4n) is 6.99. The van der Waals surface area contributed by atoms with Gasteiger partial charge in [-0.2, -0.15) is 0 Å². The second-order valence-corrected chi connectivity index (χ2v) is 12.2. The maximum absolute atomic E-state index is 13.2. The third kappa shape index (κ3) is 5.02. The van der Waals surface area contributed by atoms with Crippen LogP contribution in [0.1, 0.15) is 74.7 Å². The van der Waals surface area contributed by atoms with Crippen molar-refractivity contribution in [3.8, 4) is 0 Å². The maximum atomic E-state index is 13.2. The molecule has 0 amide bonds. The van der Waals surface area contributed by atoms with Crippen molar-refractivity contribution in [2.75, 3.05) is 0 Å². The first-order valence-electron chi connectivity index (χ1n) is 14.2. The third-order valence-corrected chi connectivity index (χ3v) is 9.02. The normalized spacial score (nSPS) is 43.3. The SMILES string of the molecule is CCCC(=O)O[C@@H]1C=C[C@]2(C)[C@@H](OC(C)=O)C[C@H](OC(C)=O)/C(C)=C\[C@@H]3OC(=O)[C@]4(C)O[C@]34[C@H](OC(C)=O)[C@H]2[C@@]1(C)O. The molecule has 42 heavy (non-hydrogen) atoms. The standard InChI is InChI=1S/C30H40O12/c1-9-10-23(34)40-20-11-12-27(6)21(38-17(4)32)14-19(37-16(3)31)15(2)13-22-30(29(8,42-30)26(35)41-22)25(39-18(5)33)24(27)28(20,7)36/h11-13,19-22,24-25,36H,9-10,14H2,1-8H3/b15-13-/t19-,20+,21-,22-,24+,25+,27+,28-,29-,30-/m0/s1. The third-order valence-electron chi connectivity index (χ3n) is 9.02. The maximum Gasteiger partial charge on any atom is 0.342 e. The zero-order valence-electron chi connectivity index (χ0n) is 25.3. The molecule has 0 bridgehead atoms. The first-order valence-corrected chi connectivity index (χ1v) is 14.2. The fourth-order valence-corrected chi connectivity index (χ4v) is 6.99. The quantitative estimate of drug-likeness (QED) is 0.207. The van der Waals surface area contributed by atoms with Gasteiger partial charge in [-0.25, -0.2) is 4.79 Å². The first kappa shape index (κ1) is 31.7. The molecule has 12 nitrogen and oxygen atoms in total. The molecule has 0 aromatic rings. The highest BCUT2D eigenvalue weighted by Crippen LogP contribution is 2.65. The van der Waals surface area contributed by atoms with Crippen molar-refractivity contribution in [1.82, 2.24) is 0 Å². The van der Waals surface area contributed by atoms with Crippen LogP contribution in [0.15, 0.2) is 23.8 Å². The van der Waals surface area contributed by atoms with Crippen molar-refractivity contribution in [3.63, 3.8) is 0 Å². The predicted octanol–water partition coefficient (Wildman–Crippen LogP) is 2.24. The lowest BCUT2D eigenvalue weighted by Crippen LogP contribution is -2.67. The van der Waals surface area contributed by atoms with Crippen LogP contribution in [0.3, 0.4) is 0 Å². The van der Waals surface area contributed by atoms with Gasteiger partial charge >= 0.3 is 29.8 Å². The molecule has 4 rings (SSSR count). The molecule has 2 fully saturated rings. The van der Waals surface area contributed by atoms with Gasteiger partial charge in [0.15, 0.2) is 17.3 Å². The van der Waals surface area contributed by atoms with Crippen LogP contribution in [0, 0.1) is 11.3 Å². The zero-order valence-corrected chi connectivity index (χ0v) is 25.3. The molecule has 0 saturated carbocycles. The van der Waals surface area contributed by atoms with Crippen LogP contribution in [0.4, 0.5) is 0 Å². The average Bonchev–Trinajstić information content (AvgIpc) is 3.44. The second-order valence-electron chi connectivity index (χ2n) is 12.2. The van der Waals surface area contributed by atoms with E-state index in [0.29, 0.717) is 12.0 Å². The lowest BCUT2D eigenvalue weighted by molar-refractivity contribution is -0.220. The number of fused-ring (bicyclic) bond motifs is 1. The van der Waals surface area contributed by atoms with Gasteiger partial charge in [-0.3, -0.25) is 19.2 Å². The van der Waals surface area contributed by atoms with Crippen molar-refractivity contribution in [1.29, 1.82) is 0 Å². The molecule has 2 saturated heterocycles. The van der Waals surface area contributed by atoms with Gasteiger partial charge in [-0.15, -0.1) is 0 Å². The van der Waals surface area contributed by atoms with Gasteiger partial charge in [0.2, 0.25) is 0 Å². The number of ether oxygens (including phenoxy) is 6. The molecular formula is C30H40O12. The Labute approximate surface area is 244 Å². The Morgan fingerprint density at radius 2 is 1.62 bits per heavy atom. The number of rotatable bonds is 6. The van der Waals surface area contributed by atoms with Gasteiger partial charge in [0.05, 0.1) is 0 Å². The molecule has 0 radical (unpaired) electrons. The smallest absolute Gasteiger partial charge is 0.342 e. The highest BCUT2D eigenvalue weighted by molar-refractivity contribution is 5.89. The summed E-state index contributed by atoms with van der Waals surface area (Å²) in [6, 6.07) is 0. The van der Waals surface area contributed by atoms with E-state index in [2.05, 4.69) is 0 Å². The minimum Gasteiger partial charge on any atom is -0.461 e. The van der Waals surface area contributed by atoms with E-state index >= 15 is 0 Å². The van der Waals surface area contributed by atoms with Gasteiger partial charge in [-0.1, -0.05) is 19.9 Å². The number of carbonyl (C=O) groups is 5. The number of esters is 5. The van der Waals surface area contributed by atoms with Crippen molar-refractivity contribution in [2.45, 2.75) is 122 Å². The largest absolute Gasteiger partial charge is 0.461 e. The Morgan fingerprint density at radius 3 is 2.17 bits per heavy atom. The molecule has 2 heterocycles. The Hall–Kier alpha value is -3.25. The van der Waals surface area contributed by atoms with Crippen LogP contribution < -0.4 is 0 Å². The molecular weight excluding hydrogens is 552 g/mol. The van der Waals surface area contributed by atoms with E-state index in [-0.39, 0.29) is 12.8 Å². The number of epoxide rings is 1. The summed E-state index contributed by atoms with van der Waals surface area (Å²) in [5.74, 6) is -4.41. The minimum absolute atomic E-state index is 0.0478. The number of hydrogen-bond acceptors (Lipinski definition) is 12. The van der Waals surface area contributed by atoms with Gasteiger partial charge < -0.3 is 33.5 Å². The summed E-state index contributed by atoms with van der Waals surface area (Å²) >= 11 is 0. The van der Waals surface area contributed by atoms with E-state index in [1.54, 1.807) is 26.0 Å². The van der Waals surface area contributed by atoms with E-state index in [1.165, 1.54) is 40.7 Å². The molecule has 0 aromatic heterocycles. The monoisotopic (exact) mass is 592 g/mol. The van der Waals surface area contributed by atoms with Gasteiger partial charge in [-0.05, 0) is 44.9 Å². The molecule has 2 aliphatic carbocycles. The molecule has 232 valence electrons. The average molecular weight is 593 g/mol. The Kier molecular flexibility index (Phi) is 8.14. The highest BCUT2D eigenvalue weighted by Gasteiger charge is 2.87. The van der Waals surface area contributed by atoms with E-state index in [1.807, 2.05) is 6.92 Å². The zero-order chi connectivity index (χ0) is 31.4. The Morgan fingerprint density at radius 1 is 1.00 bits per heavy atom. The minimum atomic E-state index is -1.96. The van der Waals surface area contributed by atoms with E-state index in [0.717, 1.165) is 0 Å². The van der Waals surface area contributed by atoms with Crippen LogP contribution in [0.5, 0.6) is 0 Å². The van der Waals surface area contributed by atoms with E-state index in [9.17, 15) is 29.1 Å². The van der Waals surface area contributed by atoms with E-state index < -0.39 is 88.5 Å². The van der Waals surface area contributed by atoms with Crippen LogP contribution >= 0.6 is 0 Å². The van der Waals surface area contributed by atoms with Crippen LogP contribution in [0.2, 0.25) is 0 Å². The molecule has 0 aromatic carbocycles. The van der Waals surface area contributed by atoms with Crippen LogP contribution in [-0.4, -0.2) is 82.3 Å². The van der Waals surface area contributed by atoms with Crippen molar-refractivity contribution < 1.29 is 57.5 Å². The summed E-state index contributed by atoms with van der Waals surface area (Å²) in [5.41, 5.74) is -6.00. The van der Waals surface area contributed by atoms with Crippen LogP contribution in [0.25, 0.3) is 0 Å². The summed E-state index contributed by atoms with van der Waals surface area (Å²) in [6.45, 7) is 11.8. The first-order chi connectivity index (χ1) is 19.4. The van der Waals surface area contributed by atoms with Gasteiger partial charge in [0.1, 0.15) is 30.0 Å². The summed E-state index contributed by atoms with van der Waals surface area (Å²) in [5, 5.41) is 12.3. The lowest BCUT2D eigenvalue weighted by Gasteiger charge is -2.55. The van der Waals surface area contributed by atoms with Crippen molar-refractivity contribution in [2.24, 2.45) is 11.3 Å². The molecule has 1 N–H and O–H groups in total. The molecule has 0 unspecified atom stereocenters. The van der Waals surface area contributed by atoms with Gasteiger partial charge in [0.25, 0.3) is 0 Å². The van der Waals surface area contributed by atoms with Crippen molar-refractivity contribution in [3.05, 3.63) is 23.8 Å². The van der Waals surface area contributed by atoms with Crippen molar-refractivity contribution >= 4 is 29.8 Å². The second kappa shape index (κ2) is 10.8. The van der Waals surface area contributed by atoms with E-state index in [4.69, 9.17) is 28.4 Å².